The molecule has 2 rings (SSSR count). The molecular formula is C12H20N2. The van der Waals surface area contributed by atoms with E-state index in [4.69, 9.17) is 0 Å². The first kappa shape index (κ1) is 9.50. The minimum absolute atomic E-state index is 0. The zero-order chi connectivity index (χ0) is 10.1. The van der Waals surface area contributed by atoms with Gasteiger partial charge in [-0.15, -0.1) is 0 Å². The average molecular weight is 192 g/mol. The normalized spacial score (nSPS) is 20.4. The third kappa shape index (κ3) is 1.61. The van der Waals surface area contributed by atoms with E-state index in [2.05, 4.69) is 43.2 Å². The molecule has 0 aromatic carbocycles. The molecule has 14 heavy (non-hydrogen) atoms. The van der Waals surface area contributed by atoms with E-state index in [0.717, 1.165) is 12.4 Å². The number of pyridine rings is 1. The highest BCUT2D eigenvalue weighted by molar-refractivity contribution is 5.49. The lowest BCUT2D eigenvalue weighted by molar-refractivity contribution is 0.672. The van der Waals surface area contributed by atoms with Crippen LogP contribution in [0.3, 0.4) is 0 Å². The summed E-state index contributed by atoms with van der Waals surface area (Å²) in [4.78, 5) is 4.65. The molecule has 1 unspecified atom stereocenters. The summed E-state index contributed by atoms with van der Waals surface area (Å²) in [5.41, 5.74) is 2.56. The molecule has 0 amide bonds. The summed E-state index contributed by atoms with van der Waals surface area (Å²) in [5.74, 6) is 2.27. The van der Waals surface area contributed by atoms with E-state index in [1.165, 1.54) is 17.7 Å². The number of anilines is 1. The Kier molecular flexibility index (Phi) is 2.44. The first-order chi connectivity index (χ1) is 6.68. The summed E-state index contributed by atoms with van der Waals surface area (Å²) in [5, 5.41) is 3.38. The summed E-state index contributed by atoms with van der Waals surface area (Å²) in [6, 6.07) is 4.39. The van der Waals surface area contributed by atoms with Gasteiger partial charge in [-0.3, -0.25) is 0 Å². The summed E-state index contributed by atoms with van der Waals surface area (Å²) >= 11 is 0. The number of hydrogen-bond donors (Lipinski definition) is 1. The van der Waals surface area contributed by atoms with Crippen molar-refractivity contribution in [1.29, 1.82) is 0 Å². The van der Waals surface area contributed by atoms with Crippen molar-refractivity contribution < 1.29 is 1.43 Å². The molecule has 1 aromatic rings. The summed E-state index contributed by atoms with van der Waals surface area (Å²) in [7, 11) is 0. The Balaban J connectivity index is 0.00000112. The van der Waals surface area contributed by atoms with Gasteiger partial charge in [0.1, 0.15) is 5.82 Å². The predicted molar refractivity (Wildman–Crippen MR) is 62.0 cm³/mol. The van der Waals surface area contributed by atoms with Gasteiger partial charge >= 0.3 is 0 Å². The first-order valence-electron chi connectivity index (χ1n) is 5.43. The number of rotatable bonds is 1. The van der Waals surface area contributed by atoms with E-state index in [0.29, 0.717) is 11.8 Å². The summed E-state index contributed by atoms with van der Waals surface area (Å²) in [6.07, 6.45) is 1.22. The second-order valence-electron chi connectivity index (χ2n) is 4.45. The fourth-order valence-electron chi connectivity index (χ4n) is 1.91. The molecule has 1 aromatic heterocycles. The quantitative estimate of drug-likeness (QED) is 0.738. The van der Waals surface area contributed by atoms with Crippen LogP contribution in [0, 0.1) is 0 Å². The molecule has 78 valence electrons. The molecule has 2 heteroatoms. The number of nitrogens with one attached hydrogen (secondary N) is 1. The second-order valence-corrected chi connectivity index (χ2v) is 4.45. The zero-order valence-corrected chi connectivity index (χ0v) is 9.17. The van der Waals surface area contributed by atoms with Gasteiger partial charge in [-0.25, -0.2) is 4.98 Å². The smallest absolute Gasteiger partial charge is 0.129 e. The van der Waals surface area contributed by atoms with E-state index in [9.17, 15) is 0 Å². The van der Waals surface area contributed by atoms with Gasteiger partial charge in [-0.05, 0) is 29.9 Å². The van der Waals surface area contributed by atoms with Gasteiger partial charge in [-0.2, -0.15) is 0 Å². The van der Waals surface area contributed by atoms with Crippen LogP contribution in [-0.2, 0) is 0 Å². The monoisotopic (exact) mass is 192 g/mol. The SMILES string of the molecule is CC(C)c1ccc2c(n1)NCCC2C.[HH]. The number of hydrogen-bond acceptors (Lipinski definition) is 2. The van der Waals surface area contributed by atoms with Crippen LogP contribution >= 0.6 is 0 Å². The Morgan fingerprint density at radius 2 is 2.29 bits per heavy atom. The van der Waals surface area contributed by atoms with Crippen LogP contribution in [0.25, 0.3) is 0 Å². The highest BCUT2D eigenvalue weighted by atomic mass is 15.0. The molecule has 0 bridgehead atoms. The summed E-state index contributed by atoms with van der Waals surface area (Å²) < 4.78 is 0. The van der Waals surface area contributed by atoms with Gasteiger partial charge < -0.3 is 5.32 Å². The molecule has 0 saturated heterocycles. The largest absolute Gasteiger partial charge is 0.370 e. The van der Waals surface area contributed by atoms with Crippen LogP contribution in [0.1, 0.15) is 51.7 Å². The van der Waals surface area contributed by atoms with Crippen LogP contribution in [0.4, 0.5) is 5.82 Å². The van der Waals surface area contributed by atoms with E-state index in [1.807, 2.05) is 0 Å². The third-order valence-electron chi connectivity index (χ3n) is 2.94. The molecule has 0 aliphatic carbocycles. The minimum atomic E-state index is 0. The first-order valence-corrected chi connectivity index (χ1v) is 5.43. The van der Waals surface area contributed by atoms with Gasteiger partial charge in [0.15, 0.2) is 0 Å². The van der Waals surface area contributed by atoms with Gasteiger partial charge in [0.25, 0.3) is 0 Å². The highest BCUT2D eigenvalue weighted by Gasteiger charge is 2.17. The molecule has 1 aliphatic heterocycles. The van der Waals surface area contributed by atoms with Gasteiger partial charge in [-0.1, -0.05) is 26.8 Å². The second kappa shape index (κ2) is 3.60. The van der Waals surface area contributed by atoms with Crippen molar-refractivity contribution in [3.63, 3.8) is 0 Å². The van der Waals surface area contributed by atoms with E-state index >= 15 is 0 Å². The van der Waals surface area contributed by atoms with Crippen molar-refractivity contribution in [3.05, 3.63) is 23.4 Å². The third-order valence-corrected chi connectivity index (χ3v) is 2.94. The molecule has 0 fully saturated rings. The number of aromatic nitrogens is 1. The Morgan fingerprint density at radius 1 is 1.50 bits per heavy atom. The van der Waals surface area contributed by atoms with Gasteiger partial charge in [0, 0.05) is 13.7 Å². The van der Waals surface area contributed by atoms with Crippen LogP contribution in [0.5, 0.6) is 0 Å². The van der Waals surface area contributed by atoms with Crippen molar-refractivity contribution >= 4 is 5.82 Å². The van der Waals surface area contributed by atoms with Crippen LogP contribution < -0.4 is 5.32 Å². The Hall–Kier alpha value is -1.05. The Labute approximate surface area is 87.2 Å². The maximum absolute atomic E-state index is 4.65. The Bertz CT molecular complexity index is 336. The fraction of sp³-hybridized carbons (Fsp3) is 0.583. The van der Waals surface area contributed by atoms with E-state index in [-0.39, 0.29) is 1.43 Å². The van der Waals surface area contributed by atoms with Crippen molar-refractivity contribution in [1.82, 2.24) is 4.98 Å². The molecule has 1 atom stereocenters. The lowest BCUT2D eigenvalue weighted by Gasteiger charge is -2.23. The van der Waals surface area contributed by atoms with Crippen LogP contribution in [0.2, 0.25) is 0 Å². The van der Waals surface area contributed by atoms with Crippen molar-refractivity contribution in [2.24, 2.45) is 0 Å². The van der Waals surface area contributed by atoms with Gasteiger partial charge in [0.2, 0.25) is 0 Å². The Morgan fingerprint density at radius 3 is 3.00 bits per heavy atom. The van der Waals surface area contributed by atoms with Crippen molar-refractivity contribution in [2.75, 3.05) is 11.9 Å². The molecule has 0 saturated carbocycles. The molecule has 1 N–H and O–H groups in total. The van der Waals surface area contributed by atoms with Crippen molar-refractivity contribution in [3.8, 4) is 0 Å². The van der Waals surface area contributed by atoms with Crippen LogP contribution in [0.15, 0.2) is 12.1 Å². The van der Waals surface area contributed by atoms with E-state index < -0.39 is 0 Å². The number of fused-ring (bicyclic) bond motifs is 1. The molecule has 1 aliphatic rings. The van der Waals surface area contributed by atoms with Crippen molar-refractivity contribution in [2.45, 2.75) is 39.0 Å². The maximum atomic E-state index is 4.65. The standard InChI is InChI=1S/C12H18N2.H2/c1-8(2)11-5-4-10-9(3)6-7-13-12(10)14-11;/h4-5,8-9H,6-7H2,1-3H3,(H,13,14);1H. The molecule has 2 nitrogen and oxygen atoms in total. The van der Waals surface area contributed by atoms with Gasteiger partial charge in [0.05, 0.1) is 0 Å². The lowest BCUT2D eigenvalue weighted by Crippen LogP contribution is -2.17. The molecule has 0 radical (unpaired) electrons. The predicted octanol–water partition coefficient (Wildman–Crippen LogP) is 3.37. The summed E-state index contributed by atoms with van der Waals surface area (Å²) in [6.45, 7) is 7.70. The molecule has 0 spiro atoms. The zero-order valence-electron chi connectivity index (χ0n) is 9.17. The number of nitrogens with zero attached hydrogens (tertiary/aromatic N) is 1. The molecular weight excluding hydrogens is 172 g/mol. The highest BCUT2D eigenvalue weighted by Crippen LogP contribution is 2.30. The fourth-order valence-corrected chi connectivity index (χ4v) is 1.91. The van der Waals surface area contributed by atoms with E-state index in [1.54, 1.807) is 0 Å². The topological polar surface area (TPSA) is 24.9 Å². The minimum Gasteiger partial charge on any atom is -0.370 e. The average Bonchev–Trinajstić information content (AvgIpc) is 2.17. The van der Waals surface area contributed by atoms with Crippen LogP contribution in [-0.4, -0.2) is 11.5 Å². The maximum Gasteiger partial charge on any atom is 0.129 e. The molecule has 2 heterocycles. The lowest BCUT2D eigenvalue weighted by atomic mass is 9.94.